The van der Waals surface area contributed by atoms with Gasteiger partial charge in [0, 0.05) is 22.2 Å². The van der Waals surface area contributed by atoms with Gasteiger partial charge in [-0.1, -0.05) is 185 Å². The van der Waals surface area contributed by atoms with Gasteiger partial charge in [-0.2, -0.15) is 0 Å². The number of carbonyl (C=O) groups excluding carboxylic acids is 3. The maximum absolute atomic E-state index is 11.9. The maximum atomic E-state index is 11.9. The van der Waals surface area contributed by atoms with Gasteiger partial charge in [0.05, 0.1) is 5.56 Å². The van der Waals surface area contributed by atoms with E-state index in [-0.39, 0.29) is 50.4 Å². The zero-order valence-corrected chi connectivity index (χ0v) is 46.8. The fourth-order valence-corrected chi connectivity index (χ4v) is 6.04. The van der Waals surface area contributed by atoms with Crippen molar-refractivity contribution in [2.24, 2.45) is 10.8 Å². The quantitative estimate of drug-likeness (QED) is 0.195. The van der Waals surface area contributed by atoms with Crippen LogP contribution < -0.4 is 10.6 Å². The van der Waals surface area contributed by atoms with E-state index in [2.05, 4.69) is 151 Å². The molecule has 0 saturated carbocycles. The number of ether oxygens (including phenoxy) is 1. The van der Waals surface area contributed by atoms with Crippen molar-refractivity contribution < 1.29 is 19.1 Å². The molecule has 0 aliphatic carbocycles. The predicted octanol–water partition coefficient (Wildman–Crippen LogP) is 16.4. The van der Waals surface area contributed by atoms with Crippen molar-refractivity contribution in [3.8, 4) is 0 Å². The van der Waals surface area contributed by atoms with Crippen molar-refractivity contribution in [3.63, 3.8) is 0 Å². The molecule has 0 saturated heterocycles. The first-order valence-electron chi connectivity index (χ1n) is 24.3. The number of aryl methyl sites for hydroxylation is 1. The summed E-state index contributed by atoms with van der Waals surface area (Å²) < 4.78 is 5.31. The largest absolute Gasteiger partial charge is 0.456 e. The lowest BCUT2D eigenvalue weighted by Crippen LogP contribution is -2.40. The first-order valence-corrected chi connectivity index (χ1v) is 24.3. The van der Waals surface area contributed by atoms with Crippen molar-refractivity contribution in [1.82, 2.24) is 5.32 Å². The molecule has 2 N–H and O–H groups in total. The Morgan fingerprint density at radius 3 is 1.06 bits per heavy atom. The molecule has 0 unspecified atom stereocenters. The highest BCUT2D eigenvalue weighted by molar-refractivity contribution is 5.95. The summed E-state index contributed by atoms with van der Waals surface area (Å²) in [7, 11) is 0. The standard InChI is InChI=1S/C16H26.2C15H23NO.C15H22O2/c1-15(2,3)12-11-13-7-9-14(10-8-13)16(4,5)6;1-14(2,3)11-7-9-12(10-8-11)16-13(17)15(4,5)6;1-14(2,3)12-9-7-11(8-10-12)13(17)16-15(4,5)6;1-14(2,3)12-9-7-11(8-10-12)13(16)17-15(4,5)6/h7-10H,11-12H2,1-6H3;2*7-10H,1-6H3,(H,16,17);7-10H,1-6H3. The van der Waals surface area contributed by atoms with E-state index in [0.717, 1.165) is 5.69 Å². The number of rotatable bonds is 5. The summed E-state index contributed by atoms with van der Waals surface area (Å²) in [6.07, 6.45) is 2.44. The summed E-state index contributed by atoms with van der Waals surface area (Å²) in [6.45, 7) is 50.4. The molecule has 0 atom stereocenters. The van der Waals surface area contributed by atoms with Gasteiger partial charge >= 0.3 is 5.97 Å². The Hall–Kier alpha value is -4.71. The molecule has 0 aromatic heterocycles. The van der Waals surface area contributed by atoms with Crippen molar-refractivity contribution in [1.29, 1.82) is 0 Å². The molecule has 0 heterocycles. The average Bonchev–Trinajstić information content (AvgIpc) is 3.15. The maximum Gasteiger partial charge on any atom is 0.338 e. The molecule has 6 nitrogen and oxygen atoms in total. The highest BCUT2D eigenvalue weighted by atomic mass is 16.6. The summed E-state index contributed by atoms with van der Waals surface area (Å²) in [4.78, 5) is 35.5. The van der Waals surface area contributed by atoms with E-state index >= 15 is 0 Å². The Balaban J connectivity index is 0.000000447. The first kappa shape index (κ1) is 60.3. The second kappa shape index (κ2) is 23.5. The second-order valence-corrected chi connectivity index (χ2v) is 26.4. The molecule has 0 aliphatic heterocycles. The van der Waals surface area contributed by atoms with Crippen molar-refractivity contribution in [2.45, 2.75) is 212 Å². The lowest BCUT2D eigenvalue weighted by atomic mass is 9.85. The number of amides is 2. The number of carbonyl (C=O) groups is 3. The van der Waals surface area contributed by atoms with E-state index in [0.29, 0.717) is 16.5 Å². The van der Waals surface area contributed by atoms with Gasteiger partial charge < -0.3 is 15.4 Å². The molecule has 67 heavy (non-hydrogen) atoms. The Labute approximate surface area is 410 Å². The van der Waals surface area contributed by atoms with Crippen LogP contribution in [0.5, 0.6) is 0 Å². The van der Waals surface area contributed by atoms with Crippen LogP contribution in [-0.2, 0) is 37.6 Å². The number of esters is 1. The minimum absolute atomic E-state index is 0.0158. The Morgan fingerprint density at radius 1 is 0.433 bits per heavy atom. The Bertz CT molecular complexity index is 2040. The van der Waals surface area contributed by atoms with Gasteiger partial charge in [0.25, 0.3) is 5.91 Å². The van der Waals surface area contributed by atoms with Crippen LogP contribution in [0.1, 0.15) is 221 Å². The van der Waals surface area contributed by atoms with Crippen LogP contribution in [0.25, 0.3) is 0 Å². The van der Waals surface area contributed by atoms with E-state index in [1.54, 1.807) is 0 Å². The highest BCUT2D eigenvalue weighted by Crippen LogP contribution is 2.27. The minimum atomic E-state index is -0.445. The van der Waals surface area contributed by atoms with Crippen LogP contribution in [0.2, 0.25) is 0 Å². The van der Waals surface area contributed by atoms with Crippen LogP contribution >= 0.6 is 0 Å². The van der Waals surface area contributed by atoms with Gasteiger partial charge in [0.15, 0.2) is 0 Å². The van der Waals surface area contributed by atoms with Crippen LogP contribution in [0, 0.1) is 10.8 Å². The topological polar surface area (TPSA) is 84.5 Å². The normalized spacial score (nSPS) is 12.5. The predicted molar refractivity (Wildman–Crippen MR) is 289 cm³/mol. The molecular formula is C61H94N2O4. The van der Waals surface area contributed by atoms with E-state index in [1.807, 2.05) is 123 Å². The fraction of sp³-hybridized carbons (Fsp3) is 0.557. The molecule has 372 valence electrons. The SMILES string of the molecule is CC(C)(C)C(=O)Nc1ccc(C(C)(C)C)cc1.CC(C)(C)CCc1ccc(C(C)(C)C)cc1.CC(C)(C)NC(=O)c1ccc(C(C)(C)C)cc1.CC(C)(C)OC(=O)c1ccc(C(C)(C)C)cc1. The number of anilines is 1. The van der Waals surface area contributed by atoms with Gasteiger partial charge in [-0.25, -0.2) is 4.79 Å². The summed E-state index contributed by atoms with van der Waals surface area (Å²) in [5.41, 5.74) is 8.86. The number of nitrogens with one attached hydrogen (secondary N) is 2. The molecule has 6 heteroatoms. The Morgan fingerprint density at radius 2 is 0.761 bits per heavy atom. The summed E-state index contributed by atoms with van der Waals surface area (Å²) >= 11 is 0. The molecule has 0 spiro atoms. The summed E-state index contributed by atoms with van der Waals surface area (Å²) in [5, 5.41) is 5.88. The third kappa shape index (κ3) is 24.8. The van der Waals surface area contributed by atoms with Crippen molar-refractivity contribution >= 4 is 23.5 Å². The van der Waals surface area contributed by atoms with Crippen LogP contribution in [0.15, 0.2) is 97.1 Å². The highest BCUT2D eigenvalue weighted by Gasteiger charge is 2.23. The van der Waals surface area contributed by atoms with Crippen molar-refractivity contribution in [2.75, 3.05) is 5.32 Å². The van der Waals surface area contributed by atoms with Gasteiger partial charge in [-0.15, -0.1) is 0 Å². The average molecular weight is 919 g/mol. The molecule has 2 amide bonds. The molecule has 4 aromatic rings. The van der Waals surface area contributed by atoms with Gasteiger partial charge in [0.1, 0.15) is 5.60 Å². The molecular weight excluding hydrogens is 825 g/mol. The number of benzene rings is 4. The molecule has 0 bridgehead atoms. The van der Waals surface area contributed by atoms with Crippen LogP contribution in [-0.4, -0.2) is 28.9 Å². The zero-order chi connectivity index (χ0) is 52.2. The Kier molecular flexibility index (Phi) is 21.2. The molecule has 0 aliphatic rings. The molecule has 0 radical (unpaired) electrons. The monoisotopic (exact) mass is 919 g/mol. The number of hydrogen-bond donors (Lipinski definition) is 2. The van der Waals surface area contributed by atoms with Gasteiger partial charge in [0.2, 0.25) is 5.91 Å². The second-order valence-electron chi connectivity index (χ2n) is 26.4. The smallest absolute Gasteiger partial charge is 0.338 e. The van der Waals surface area contributed by atoms with E-state index in [1.165, 1.54) is 40.7 Å². The van der Waals surface area contributed by atoms with Gasteiger partial charge in [-0.3, -0.25) is 9.59 Å². The molecule has 4 aromatic carbocycles. The third-order valence-corrected chi connectivity index (χ3v) is 10.6. The number of hydrogen-bond acceptors (Lipinski definition) is 4. The van der Waals surface area contributed by atoms with E-state index in [9.17, 15) is 14.4 Å². The lowest BCUT2D eigenvalue weighted by Gasteiger charge is -2.22. The zero-order valence-electron chi connectivity index (χ0n) is 46.8. The lowest BCUT2D eigenvalue weighted by molar-refractivity contribution is -0.123. The summed E-state index contributed by atoms with van der Waals surface area (Å²) in [5.74, 6) is -0.239. The summed E-state index contributed by atoms with van der Waals surface area (Å²) in [6, 6.07) is 32.6. The van der Waals surface area contributed by atoms with E-state index in [4.69, 9.17) is 4.74 Å². The van der Waals surface area contributed by atoms with Crippen LogP contribution in [0.4, 0.5) is 5.69 Å². The molecule has 4 rings (SSSR count). The minimum Gasteiger partial charge on any atom is -0.456 e. The van der Waals surface area contributed by atoms with Gasteiger partial charge in [-0.05, 0) is 146 Å². The van der Waals surface area contributed by atoms with E-state index < -0.39 is 5.60 Å². The van der Waals surface area contributed by atoms with Crippen LogP contribution in [0.3, 0.4) is 0 Å². The van der Waals surface area contributed by atoms with Crippen molar-refractivity contribution in [3.05, 3.63) is 136 Å². The first-order chi connectivity index (χ1) is 30.0. The third-order valence-electron chi connectivity index (χ3n) is 10.6. The fourth-order valence-electron chi connectivity index (χ4n) is 6.04. The molecule has 0 fully saturated rings.